The van der Waals surface area contributed by atoms with Crippen molar-refractivity contribution in [3.8, 4) is 0 Å². The van der Waals surface area contributed by atoms with Crippen molar-refractivity contribution in [2.45, 2.75) is 129 Å². The van der Waals surface area contributed by atoms with Gasteiger partial charge < -0.3 is 19.3 Å². The van der Waals surface area contributed by atoms with Gasteiger partial charge in [0, 0.05) is 12.8 Å². The van der Waals surface area contributed by atoms with Gasteiger partial charge in [0.2, 0.25) is 0 Å². The molecule has 0 aliphatic rings. The van der Waals surface area contributed by atoms with E-state index in [0.29, 0.717) is 6.42 Å². The number of carbonyl (C=O) groups excluding carboxylic acids is 2. The van der Waals surface area contributed by atoms with E-state index in [2.05, 4.69) is 42.7 Å². The van der Waals surface area contributed by atoms with Gasteiger partial charge in [-0.15, -0.1) is 0 Å². The highest BCUT2D eigenvalue weighted by Gasteiger charge is 2.22. The molecular weight excluding hydrogens is 495 g/mol. The highest BCUT2D eigenvalue weighted by atomic mass is 31.2. The number of rotatable bonds is 25. The van der Waals surface area contributed by atoms with Gasteiger partial charge >= 0.3 is 19.8 Å². The predicted octanol–water partition coefficient (Wildman–Crippen LogP) is 7.33. The first-order valence-electron chi connectivity index (χ1n) is 14.1. The van der Waals surface area contributed by atoms with Gasteiger partial charge in [-0.1, -0.05) is 95.9 Å². The van der Waals surface area contributed by atoms with E-state index in [1.807, 2.05) is 0 Å². The van der Waals surface area contributed by atoms with Crippen molar-refractivity contribution >= 4 is 19.8 Å². The summed E-state index contributed by atoms with van der Waals surface area (Å²) >= 11 is 0. The monoisotopic (exact) mass is 546 g/mol. The first kappa shape index (κ1) is 35.5. The van der Waals surface area contributed by atoms with Gasteiger partial charge in [0.1, 0.15) is 6.61 Å². The Bertz CT molecular complexity index is 671. The average Bonchev–Trinajstić information content (AvgIpc) is 2.85. The van der Waals surface area contributed by atoms with E-state index in [4.69, 9.17) is 19.3 Å². The molecule has 216 valence electrons. The zero-order valence-electron chi connectivity index (χ0n) is 23.1. The third kappa shape index (κ3) is 27.4. The van der Waals surface area contributed by atoms with Crippen LogP contribution in [0, 0.1) is 0 Å². The molecule has 0 aromatic carbocycles. The first-order chi connectivity index (χ1) is 17.8. The Hall–Kier alpha value is -1.47. The standard InChI is InChI=1S/C28H51O8P/c1-3-5-7-9-11-12-13-14-15-16-17-19-21-23-28(30)36-26(25-35-37(31,32)33)24-34-27(29)22-20-18-10-8-6-4-2/h7,9,12-13,26H,3-6,8,10-11,14-25H2,1-2H3,(H2,31,32,33)/b9-7+,13-12+/t26-/m1/s1. The van der Waals surface area contributed by atoms with E-state index in [1.54, 1.807) is 0 Å². The molecule has 0 aliphatic heterocycles. The maximum Gasteiger partial charge on any atom is 0.469 e. The lowest BCUT2D eigenvalue weighted by Crippen LogP contribution is -2.29. The van der Waals surface area contributed by atoms with Crippen LogP contribution < -0.4 is 0 Å². The van der Waals surface area contributed by atoms with E-state index >= 15 is 0 Å². The molecule has 2 N–H and O–H groups in total. The fourth-order valence-corrected chi connectivity index (χ4v) is 3.94. The van der Waals surface area contributed by atoms with Gasteiger partial charge in [0.15, 0.2) is 6.10 Å². The topological polar surface area (TPSA) is 119 Å². The number of esters is 2. The van der Waals surface area contributed by atoms with E-state index in [0.717, 1.165) is 77.0 Å². The molecular formula is C28H51O8P. The number of hydrogen-bond donors (Lipinski definition) is 2. The fourth-order valence-electron chi connectivity index (χ4n) is 3.58. The molecule has 37 heavy (non-hydrogen) atoms. The normalized spacial score (nSPS) is 12.9. The summed E-state index contributed by atoms with van der Waals surface area (Å²) in [5.74, 6) is -0.916. The maximum atomic E-state index is 12.2. The summed E-state index contributed by atoms with van der Waals surface area (Å²) in [6, 6.07) is 0. The van der Waals surface area contributed by atoms with Gasteiger partial charge in [0.25, 0.3) is 0 Å². The SMILES string of the molecule is CCC/C=C/C/C=C/CCCCCCCC(=O)O[C@H](COC(=O)CCCCCCCC)COP(=O)(O)O. The minimum absolute atomic E-state index is 0.197. The lowest BCUT2D eigenvalue weighted by Gasteiger charge is -2.18. The number of hydrogen-bond acceptors (Lipinski definition) is 6. The zero-order valence-corrected chi connectivity index (χ0v) is 24.0. The third-order valence-electron chi connectivity index (χ3n) is 5.70. The lowest BCUT2D eigenvalue weighted by molar-refractivity contribution is -0.161. The molecule has 0 unspecified atom stereocenters. The number of phosphoric ester groups is 1. The summed E-state index contributed by atoms with van der Waals surface area (Å²) < 4.78 is 25.9. The van der Waals surface area contributed by atoms with E-state index < -0.39 is 32.5 Å². The minimum Gasteiger partial charge on any atom is -0.462 e. The molecule has 0 rings (SSSR count). The molecule has 0 radical (unpaired) electrons. The molecule has 9 heteroatoms. The van der Waals surface area contributed by atoms with Crippen LogP contribution in [0.3, 0.4) is 0 Å². The molecule has 1 atom stereocenters. The van der Waals surface area contributed by atoms with Crippen LogP contribution in [0.15, 0.2) is 24.3 Å². The second kappa shape index (κ2) is 24.8. The summed E-state index contributed by atoms with van der Waals surface area (Å²) in [6.07, 6.45) is 23.6. The highest BCUT2D eigenvalue weighted by molar-refractivity contribution is 7.46. The summed E-state index contributed by atoms with van der Waals surface area (Å²) in [7, 11) is -4.73. The largest absolute Gasteiger partial charge is 0.469 e. The number of unbranched alkanes of at least 4 members (excludes halogenated alkanes) is 11. The Morgan fingerprint density at radius 2 is 1.27 bits per heavy atom. The Kier molecular flexibility index (Phi) is 23.9. The van der Waals surface area contributed by atoms with E-state index in [9.17, 15) is 14.2 Å². The van der Waals surface area contributed by atoms with Crippen LogP contribution >= 0.6 is 7.82 Å². The summed E-state index contributed by atoms with van der Waals surface area (Å²) in [6.45, 7) is 3.49. The minimum atomic E-state index is -4.73. The molecule has 0 fully saturated rings. The Balaban J connectivity index is 4.10. The van der Waals surface area contributed by atoms with Crippen LogP contribution in [-0.4, -0.2) is 41.0 Å². The lowest BCUT2D eigenvalue weighted by atomic mass is 10.1. The van der Waals surface area contributed by atoms with Crippen molar-refractivity contribution in [3.63, 3.8) is 0 Å². The number of ether oxygens (including phenoxy) is 2. The van der Waals surface area contributed by atoms with Crippen LogP contribution in [0.5, 0.6) is 0 Å². The van der Waals surface area contributed by atoms with Gasteiger partial charge in [-0.25, -0.2) is 4.57 Å². The molecule has 0 heterocycles. The highest BCUT2D eigenvalue weighted by Crippen LogP contribution is 2.35. The van der Waals surface area contributed by atoms with Gasteiger partial charge in [-0.2, -0.15) is 0 Å². The van der Waals surface area contributed by atoms with Gasteiger partial charge in [-0.05, 0) is 38.5 Å². The number of carbonyl (C=O) groups is 2. The van der Waals surface area contributed by atoms with Crippen LogP contribution in [-0.2, 0) is 28.2 Å². The van der Waals surface area contributed by atoms with Crippen molar-refractivity contribution in [3.05, 3.63) is 24.3 Å². The van der Waals surface area contributed by atoms with Crippen LogP contribution in [0.25, 0.3) is 0 Å². The molecule has 0 saturated heterocycles. The van der Waals surface area contributed by atoms with E-state index in [1.165, 1.54) is 12.8 Å². The van der Waals surface area contributed by atoms with Crippen molar-refractivity contribution in [2.75, 3.05) is 13.2 Å². The molecule has 0 amide bonds. The summed E-state index contributed by atoms with van der Waals surface area (Å²) in [5, 5.41) is 0. The average molecular weight is 547 g/mol. The molecule has 0 aromatic heterocycles. The van der Waals surface area contributed by atoms with Gasteiger partial charge in [-0.3, -0.25) is 14.1 Å². The number of phosphoric acid groups is 1. The molecule has 0 spiro atoms. The quantitative estimate of drug-likeness (QED) is 0.0528. The second-order valence-electron chi connectivity index (χ2n) is 9.37. The van der Waals surface area contributed by atoms with Crippen molar-refractivity contribution in [2.24, 2.45) is 0 Å². The van der Waals surface area contributed by atoms with Crippen molar-refractivity contribution in [1.82, 2.24) is 0 Å². The van der Waals surface area contributed by atoms with Crippen molar-refractivity contribution < 1.29 is 37.9 Å². The molecule has 0 bridgehead atoms. The van der Waals surface area contributed by atoms with E-state index in [-0.39, 0.29) is 19.4 Å². The number of allylic oxidation sites excluding steroid dienone is 4. The Labute approximate surface area is 224 Å². The van der Waals surface area contributed by atoms with Gasteiger partial charge in [0.05, 0.1) is 6.61 Å². The molecule has 0 aliphatic carbocycles. The fraction of sp³-hybridized carbons (Fsp3) is 0.786. The Morgan fingerprint density at radius 1 is 0.703 bits per heavy atom. The summed E-state index contributed by atoms with van der Waals surface area (Å²) in [5.41, 5.74) is 0. The maximum absolute atomic E-state index is 12.2. The predicted molar refractivity (Wildman–Crippen MR) is 147 cm³/mol. The molecule has 0 aromatic rings. The smallest absolute Gasteiger partial charge is 0.462 e. The van der Waals surface area contributed by atoms with Crippen LogP contribution in [0.4, 0.5) is 0 Å². The van der Waals surface area contributed by atoms with Crippen LogP contribution in [0.2, 0.25) is 0 Å². The molecule has 8 nitrogen and oxygen atoms in total. The first-order valence-corrected chi connectivity index (χ1v) is 15.7. The third-order valence-corrected chi connectivity index (χ3v) is 6.19. The Morgan fingerprint density at radius 3 is 1.89 bits per heavy atom. The van der Waals surface area contributed by atoms with Crippen LogP contribution in [0.1, 0.15) is 123 Å². The molecule has 0 saturated carbocycles. The summed E-state index contributed by atoms with van der Waals surface area (Å²) in [4.78, 5) is 42.1. The second-order valence-corrected chi connectivity index (χ2v) is 10.6. The zero-order chi connectivity index (χ0) is 27.6. The van der Waals surface area contributed by atoms with Crippen molar-refractivity contribution in [1.29, 1.82) is 0 Å².